The van der Waals surface area contributed by atoms with Gasteiger partial charge in [-0.05, 0) is 24.6 Å². The molecule has 106 valence electrons. The second-order valence-electron chi connectivity index (χ2n) is 5.42. The maximum atomic E-state index is 4.59. The van der Waals surface area contributed by atoms with Gasteiger partial charge in [0.15, 0.2) is 5.65 Å². The van der Waals surface area contributed by atoms with E-state index in [0.29, 0.717) is 0 Å². The van der Waals surface area contributed by atoms with Gasteiger partial charge in [-0.25, -0.2) is 9.97 Å². The summed E-state index contributed by atoms with van der Waals surface area (Å²) in [5.41, 5.74) is 6.25. The minimum Gasteiger partial charge on any atom is -0.337 e. The monoisotopic (exact) mass is 285 g/mol. The zero-order valence-corrected chi connectivity index (χ0v) is 12.2. The highest BCUT2D eigenvalue weighted by atomic mass is 15.0. The minimum absolute atomic E-state index is 0.746. The standard InChI is InChI=1S/C19H15N3/c1-13-6-5-9-15(10-13)18-21-17-11-16(12-20-19(17)22-18)14-7-3-2-4-8-14/h2-12H,1H3,(H,20,21,22). The molecule has 0 aliphatic heterocycles. The summed E-state index contributed by atoms with van der Waals surface area (Å²) in [7, 11) is 0. The lowest BCUT2D eigenvalue weighted by Crippen LogP contribution is -1.81. The van der Waals surface area contributed by atoms with Crippen LogP contribution in [0.1, 0.15) is 5.56 Å². The van der Waals surface area contributed by atoms with Crippen LogP contribution in [-0.4, -0.2) is 15.0 Å². The van der Waals surface area contributed by atoms with Crippen LogP contribution in [0, 0.1) is 6.92 Å². The number of pyridine rings is 1. The maximum Gasteiger partial charge on any atom is 0.178 e. The molecule has 4 rings (SSSR count). The van der Waals surface area contributed by atoms with Crippen molar-refractivity contribution in [3.05, 3.63) is 72.4 Å². The lowest BCUT2D eigenvalue weighted by atomic mass is 10.1. The molecule has 1 N–H and O–H groups in total. The minimum atomic E-state index is 0.746. The highest BCUT2D eigenvalue weighted by Gasteiger charge is 2.08. The van der Waals surface area contributed by atoms with Crippen molar-refractivity contribution in [2.45, 2.75) is 6.92 Å². The molecule has 2 aromatic carbocycles. The van der Waals surface area contributed by atoms with E-state index in [1.54, 1.807) is 0 Å². The van der Waals surface area contributed by atoms with E-state index in [1.165, 1.54) is 5.56 Å². The van der Waals surface area contributed by atoms with E-state index in [-0.39, 0.29) is 0 Å². The molecule has 0 amide bonds. The van der Waals surface area contributed by atoms with Crippen molar-refractivity contribution < 1.29 is 0 Å². The number of aryl methyl sites for hydroxylation is 1. The van der Waals surface area contributed by atoms with E-state index in [4.69, 9.17) is 0 Å². The SMILES string of the molecule is Cc1cccc(-c2nc3ncc(-c4ccccc4)cc3[nH]2)c1. The van der Waals surface area contributed by atoms with E-state index in [1.807, 2.05) is 30.5 Å². The second kappa shape index (κ2) is 5.11. The summed E-state index contributed by atoms with van der Waals surface area (Å²) in [5, 5.41) is 0. The van der Waals surface area contributed by atoms with Crippen LogP contribution in [0.25, 0.3) is 33.7 Å². The van der Waals surface area contributed by atoms with Gasteiger partial charge in [-0.1, -0.05) is 54.1 Å². The Hall–Kier alpha value is -2.94. The second-order valence-corrected chi connectivity index (χ2v) is 5.42. The molecule has 0 fully saturated rings. The Labute approximate surface area is 128 Å². The van der Waals surface area contributed by atoms with Crippen molar-refractivity contribution in [1.29, 1.82) is 0 Å². The summed E-state index contributed by atoms with van der Waals surface area (Å²) < 4.78 is 0. The Morgan fingerprint density at radius 1 is 0.818 bits per heavy atom. The van der Waals surface area contributed by atoms with Crippen molar-refractivity contribution >= 4 is 11.2 Å². The van der Waals surface area contributed by atoms with Gasteiger partial charge >= 0.3 is 0 Å². The Bertz CT molecular complexity index is 939. The fourth-order valence-electron chi connectivity index (χ4n) is 2.62. The van der Waals surface area contributed by atoms with Crippen LogP contribution in [0.2, 0.25) is 0 Å². The van der Waals surface area contributed by atoms with Gasteiger partial charge in [0.2, 0.25) is 0 Å². The third kappa shape index (κ3) is 2.27. The number of hydrogen-bond acceptors (Lipinski definition) is 2. The van der Waals surface area contributed by atoms with Crippen molar-refractivity contribution in [2.75, 3.05) is 0 Å². The Morgan fingerprint density at radius 2 is 1.64 bits per heavy atom. The van der Waals surface area contributed by atoms with Crippen LogP contribution in [-0.2, 0) is 0 Å². The van der Waals surface area contributed by atoms with Gasteiger partial charge in [-0.15, -0.1) is 0 Å². The first-order valence-electron chi connectivity index (χ1n) is 7.28. The van der Waals surface area contributed by atoms with Crippen LogP contribution >= 0.6 is 0 Å². The molecular weight excluding hydrogens is 270 g/mol. The maximum absolute atomic E-state index is 4.59. The third-order valence-electron chi connectivity index (χ3n) is 3.74. The normalized spacial score (nSPS) is 11.0. The predicted octanol–water partition coefficient (Wildman–Crippen LogP) is 4.60. The fraction of sp³-hybridized carbons (Fsp3) is 0.0526. The highest BCUT2D eigenvalue weighted by molar-refractivity contribution is 5.81. The number of benzene rings is 2. The molecule has 0 saturated carbocycles. The number of H-pyrrole nitrogens is 1. The zero-order chi connectivity index (χ0) is 14.9. The van der Waals surface area contributed by atoms with Gasteiger partial charge in [-0.2, -0.15) is 0 Å². The number of rotatable bonds is 2. The quantitative estimate of drug-likeness (QED) is 0.584. The Morgan fingerprint density at radius 3 is 2.45 bits per heavy atom. The molecule has 3 heteroatoms. The first kappa shape index (κ1) is 12.8. The van der Waals surface area contributed by atoms with Crippen molar-refractivity contribution in [3.63, 3.8) is 0 Å². The first-order chi connectivity index (χ1) is 10.8. The van der Waals surface area contributed by atoms with Crippen LogP contribution < -0.4 is 0 Å². The molecule has 2 aromatic heterocycles. The van der Waals surface area contributed by atoms with Crippen molar-refractivity contribution in [3.8, 4) is 22.5 Å². The van der Waals surface area contributed by atoms with Crippen molar-refractivity contribution in [1.82, 2.24) is 15.0 Å². The van der Waals surface area contributed by atoms with Gasteiger partial charge in [0, 0.05) is 17.3 Å². The summed E-state index contributed by atoms with van der Waals surface area (Å²) in [5.74, 6) is 0.858. The average molecular weight is 285 g/mol. The number of nitrogens with zero attached hydrogens (tertiary/aromatic N) is 2. The van der Waals surface area contributed by atoms with Gasteiger partial charge in [0.25, 0.3) is 0 Å². The molecule has 4 aromatic rings. The average Bonchev–Trinajstić information content (AvgIpc) is 2.99. The van der Waals surface area contributed by atoms with Gasteiger partial charge in [-0.3, -0.25) is 0 Å². The van der Waals surface area contributed by atoms with E-state index >= 15 is 0 Å². The molecule has 0 bridgehead atoms. The molecule has 2 heterocycles. The molecule has 0 spiro atoms. The number of aromatic nitrogens is 3. The molecule has 0 atom stereocenters. The summed E-state index contributed by atoms with van der Waals surface area (Å²) in [6.07, 6.45) is 1.87. The fourth-order valence-corrected chi connectivity index (χ4v) is 2.62. The van der Waals surface area contributed by atoms with Gasteiger partial charge < -0.3 is 4.98 Å². The molecule has 0 radical (unpaired) electrons. The van der Waals surface area contributed by atoms with E-state index < -0.39 is 0 Å². The summed E-state index contributed by atoms with van der Waals surface area (Å²) >= 11 is 0. The molecule has 22 heavy (non-hydrogen) atoms. The van der Waals surface area contributed by atoms with E-state index in [9.17, 15) is 0 Å². The van der Waals surface area contributed by atoms with Gasteiger partial charge in [0.05, 0.1) is 5.52 Å². The van der Waals surface area contributed by atoms with Gasteiger partial charge in [0.1, 0.15) is 5.82 Å². The first-order valence-corrected chi connectivity index (χ1v) is 7.28. The lowest BCUT2D eigenvalue weighted by Gasteiger charge is -1.99. The summed E-state index contributed by atoms with van der Waals surface area (Å²) in [4.78, 5) is 12.5. The largest absolute Gasteiger partial charge is 0.337 e. The summed E-state index contributed by atoms with van der Waals surface area (Å²) in [6.45, 7) is 2.08. The smallest absolute Gasteiger partial charge is 0.178 e. The molecule has 0 aliphatic carbocycles. The van der Waals surface area contributed by atoms with Crippen LogP contribution in [0.15, 0.2) is 66.9 Å². The highest BCUT2D eigenvalue weighted by Crippen LogP contribution is 2.24. The van der Waals surface area contributed by atoms with Crippen LogP contribution in [0.4, 0.5) is 0 Å². The molecule has 0 saturated heterocycles. The summed E-state index contributed by atoms with van der Waals surface area (Å²) in [6, 6.07) is 20.7. The van der Waals surface area contributed by atoms with E-state index in [0.717, 1.165) is 33.7 Å². The van der Waals surface area contributed by atoms with E-state index in [2.05, 4.69) is 58.3 Å². The lowest BCUT2D eigenvalue weighted by molar-refractivity contribution is 1.29. The molecule has 3 nitrogen and oxygen atoms in total. The number of aromatic amines is 1. The van der Waals surface area contributed by atoms with Crippen molar-refractivity contribution in [2.24, 2.45) is 0 Å². The predicted molar refractivity (Wildman–Crippen MR) is 89.5 cm³/mol. The Kier molecular flexibility index (Phi) is 2.97. The molecule has 0 unspecified atom stereocenters. The third-order valence-corrected chi connectivity index (χ3v) is 3.74. The van der Waals surface area contributed by atoms with Crippen LogP contribution in [0.5, 0.6) is 0 Å². The topological polar surface area (TPSA) is 41.6 Å². The Balaban J connectivity index is 1.82. The number of imidazole rings is 1. The zero-order valence-electron chi connectivity index (χ0n) is 12.2. The van der Waals surface area contributed by atoms with Crippen LogP contribution in [0.3, 0.4) is 0 Å². The number of fused-ring (bicyclic) bond motifs is 1. The molecule has 0 aliphatic rings. The molecular formula is C19H15N3. The number of nitrogens with one attached hydrogen (secondary N) is 1. The number of hydrogen-bond donors (Lipinski definition) is 1.